The van der Waals surface area contributed by atoms with Crippen LogP contribution in [0.5, 0.6) is 0 Å². The van der Waals surface area contributed by atoms with Gasteiger partial charge < -0.3 is 14.6 Å². The molecule has 0 fully saturated rings. The highest BCUT2D eigenvalue weighted by Gasteiger charge is 2.12. The molecule has 0 saturated carbocycles. The number of hydrogen-bond donors (Lipinski definition) is 1. The van der Waals surface area contributed by atoms with E-state index in [9.17, 15) is 14.7 Å². The second-order valence-corrected chi connectivity index (χ2v) is 14.2. The van der Waals surface area contributed by atoms with Crippen LogP contribution in [-0.2, 0) is 19.1 Å². The number of unbranched alkanes of at least 4 members (excludes halogenated alkanes) is 26. The summed E-state index contributed by atoms with van der Waals surface area (Å²) in [5, 5.41) is 10.0. The normalized spacial score (nSPS) is 12.1. The fourth-order valence-electron chi connectivity index (χ4n) is 5.98. The van der Waals surface area contributed by atoms with Crippen LogP contribution in [0.15, 0.2) is 0 Å². The maximum Gasteiger partial charge on any atom is 0.305 e. The third-order valence-electron chi connectivity index (χ3n) is 9.02. The molecule has 0 aromatic heterocycles. The van der Waals surface area contributed by atoms with E-state index in [-0.39, 0.29) is 25.2 Å². The van der Waals surface area contributed by atoms with E-state index in [0.29, 0.717) is 12.8 Å². The molecule has 0 unspecified atom stereocenters. The molecule has 0 bridgehead atoms. The first-order valence-electron chi connectivity index (χ1n) is 19.9. The van der Waals surface area contributed by atoms with Crippen molar-refractivity contribution in [2.45, 2.75) is 226 Å². The first-order valence-corrected chi connectivity index (χ1v) is 19.9. The van der Waals surface area contributed by atoms with Gasteiger partial charge in [0.25, 0.3) is 0 Å². The van der Waals surface area contributed by atoms with Gasteiger partial charge in [0.05, 0.1) is 0 Å². The number of carbonyl (C=O) groups is 2. The lowest BCUT2D eigenvalue weighted by molar-refractivity contribution is -0.152. The molecular formula is C40H78O5. The molecule has 0 aliphatic carbocycles. The molecular weight excluding hydrogens is 560 g/mol. The number of aliphatic hydroxyl groups is 1. The van der Waals surface area contributed by atoms with Crippen molar-refractivity contribution in [3.05, 3.63) is 0 Å². The maximum atomic E-state index is 12.0. The Morgan fingerprint density at radius 2 is 0.711 bits per heavy atom. The predicted molar refractivity (Wildman–Crippen MR) is 192 cm³/mol. The average Bonchev–Trinajstić information content (AvgIpc) is 3.02. The Hall–Kier alpha value is -1.10. The zero-order valence-electron chi connectivity index (χ0n) is 30.6. The lowest BCUT2D eigenvalue weighted by Crippen LogP contribution is -2.25. The summed E-state index contributed by atoms with van der Waals surface area (Å²) in [5.74, 6) is 0.277. The fourth-order valence-corrected chi connectivity index (χ4v) is 5.98. The number of hydrogen-bond acceptors (Lipinski definition) is 5. The van der Waals surface area contributed by atoms with Crippen molar-refractivity contribution in [3.8, 4) is 0 Å². The molecule has 1 atom stereocenters. The van der Waals surface area contributed by atoms with Gasteiger partial charge in [0.1, 0.15) is 19.3 Å². The highest BCUT2D eigenvalue weighted by molar-refractivity contribution is 5.69. The quantitative estimate of drug-likeness (QED) is 0.0546. The van der Waals surface area contributed by atoms with Gasteiger partial charge in [-0.15, -0.1) is 0 Å². The van der Waals surface area contributed by atoms with Gasteiger partial charge in [-0.05, 0) is 18.8 Å². The zero-order valence-corrected chi connectivity index (χ0v) is 30.6. The molecule has 0 aliphatic rings. The largest absolute Gasteiger partial charge is 0.463 e. The van der Waals surface area contributed by atoms with Crippen LogP contribution in [0.1, 0.15) is 220 Å². The van der Waals surface area contributed by atoms with Gasteiger partial charge in [0.2, 0.25) is 0 Å². The number of ether oxygens (including phenoxy) is 2. The molecule has 5 heteroatoms. The third kappa shape index (κ3) is 37.2. The number of rotatable bonds is 36. The number of aliphatic hydroxyl groups excluding tert-OH is 1. The average molecular weight is 639 g/mol. The Labute approximate surface area is 280 Å². The highest BCUT2D eigenvalue weighted by Crippen LogP contribution is 2.16. The molecule has 0 radical (unpaired) electrons. The summed E-state index contributed by atoms with van der Waals surface area (Å²) < 4.78 is 10.3. The Morgan fingerprint density at radius 3 is 1.00 bits per heavy atom. The second-order valence-electron chi connectivity index (χ2n) is 14.2. The lowest BCUT2D eigenvalue weighted by Gasteiger charge is -2.12. The molecule has 0 aromatic rings. The van der Waals surface area contributed by atoms with E-state index < -0.39 is 6.10 Å². The van der Waals surface area contributed by atoms with Crippen LogP contribution in [-0.4, -0.2) is 36.4 Å². The van der Waals surface area contributed by atoms with Crippen LogP contribution in [0.25, 0.3) is 0 Å². The molecule has 268 valence electrons. The Morgan fingerprint density at radius 1 is 0.444 bits per heavy atom. The van der Waals surface area contributed by atoms with E-state index in [0.717, 1.165) is 31.6 Å². The molecule has 0 rings (SSSR count). The van der Waals surface area contributed by atoms with Gasteiger partial charge in [0, 0.05) is 12.8 Å². The van der Waals surface area contributed by atoms with E-state index in [1.165, 1.54) is 161 Å². The molecule has 0 saturated heterocycles. The highest BCUT2D eigenvalue weighted by atomic mass is 16.6. The van der Waals surface area contributed by atoms with Crippen molar-refractivity contribution >= 4 is 11.9 Å². The van der Waals surface area contributed by atoms with Crippen LogP contribution in [0.4, 0.5) is 0 Å². The molecule has 5 nitrogen and oxygen atoms in total. The summed E-state index contributed by atoms with van der Waals surface area (Å²) in [6.45, 7) is 6.66. The Balaban J connectivity index is 3.37. The van der Waals surface area contributed by atoms with Crippen LogP contribution < -0.4 is 0 Å². The van der Waals surface area contributed by atoms with Crippen molar-refractivity contribution in [2.24, 2.45) is 5.92 Å². The summed E-state index contributed by atoms with van der Waals surface area (Å²) >= 11 is 0. The topological polar surface area (TPSA) is 72.8 Å². The summed E-state index contributed by atoms with van der Waals surface area (Å²) in [7, 11) is 0. The molecule has 0 heterocycles. The van der Waals surface area contributed by atoms with E-state index in [1.807, 2.05) is 0 Å². The lowest BCUT2D eigenvalue weighted by atomic mass is 10.0. The smallest absolute Gasteiger partial charge is 0.305 e. The monoisotopic (exact) mass is 639 g/mol. The van der Waals surface area contributed by atoms with Crippen LogP contribution in [0.2, 0.25) is 0 Å². The predicted octanol–water partition coefficient (Wildman–Crippen LogP) is 12.2. The van der Waals surface area contributed by atoms with E-state index in [4.69, 9.17) is 9.47 Å². The summed E-state index contributed by atoms with van der Waals surface area (Å²) in [4.78, 5) is 23.9. The van der Waals surface area contributed by atoms with Crippen LogP contribution >= 0.6 is 0 Å². The van der Waals surface area contributed by atoms with E-state index >= 15 is 0 Å². The molecule has 0 spiro atoms. The van der Waals surface area contributed by atoms with Gasteiger partial charge in [-0.25, -0.2) is 0 Å². The van der Waals surface area contributed by atoms with Gasteiger partial charge in [-0.2, -0.15) is 0 Å². The molecule has 0 aromatic carbocycles. The van der Waals surface area contributed by atoms with Gasteiger partial charge in [-0.1, -0.05) is 194 Å². The number of carbonyl (C=O) groups excluding carboxylic acids is 2. The third-order valence-corrected chi connectivity index (χ3v) is 9.02. The standard InChI is InChI=1S/C40H78O5/c1-4-5-6-7-8-9-10-11-12-13-14-15-16-17-21-24-27-30-33-39(42)44-35-38(41)36-45-40(43)34-31-28-25-22-19-18-20-23-26-29-32-37(2)3/h37-38,41H,4-36H2,1-3H3/t38-/m1/s1. The maximum absolute atomic E-state index is 12.0. The summed E-state index contributed by atoms with van der Waals surface area (Å²) in [5.41, 5.74) is 0. The van der Waals surface area contributed by atoms with Crippen molar-refractivity contribution in [3.63, 3.8) is 0 Å². The van der Waals surface area contributed by atoms with Crippen molar-refractivity contribution < 1.29 is 24.2 Å². The van der Waals surface area contributed by atoms with E-state index in [1.54, 1.807) is 0 Å². The van der Waals surface area contributed by atoms with Crippen molar-refractivity contribution in [1.29, 1.82) is 0 Å². The minimum atomic E-state index is -0.955. The van der Waals surface area contributed by atoms with Crippen molar-refractivity contribution in [2.75, 3.05) is 13.2 Å². The van der Waals surface area contributed by atoms with Crippen molar-refractivity contribution in [1.82, 2.24) is 0 Å². The van der Waals surface area contributed by atoms with Crippen LogP contribution in [0.3, 0.4) is 0 Å². The first-order chi connectivity index (χ1) is 22.0. The minimum absolute atomic E-state index is 0.108. The van der Waals surface area contributed by atoms with Gasteiger partial charge in [0.15, 0.2) is 0 Å². The number of esters is 2. The van der Waals surface area contributed by atoms with E-state index in [2.05, 4.69) is 20.8 Å². The summed E-state index contributed by atoms with van der Waals surface area (Å²) in [6, 6.07) is 0. The second kappa shape index (κ2) is 35.7. The Kier molecular flexibility index (Phi) is 34.9. The van der Waals surface area contributed by atoms with Gasteiger partial charge in [-0.3, -0.25) is 9.59 Å². The molecule has 0 amide bonds. The molecule has 45 heavy (non-hydrogen) atoms. The zero-order chi connectivity index (χ0) is 33.1. The first kappa shape index (κ1) is 43.9. The minimum Gasteiger partial charge on any atom is -0.463 e. The SMILES string of the molecule is CCCCCCCCCCCCCCCCCCCCC(=O)OC[C@@H](O)COC(=O)CCCCCCCCCCCCC(C)C. The molecule has 0 aliphatic heterocycles. The Bertz CT molecular complexity index is 620. The van der Waals surface area contributed by atoms with Crippen LogP contribution in [0, 0.1) is 5.92 Å². The summed E-state index contributed by atoms with van der Waals surface area (Å²) in [6.07, 6.45) is 37.3. The fraction of sp³-hybridized carbons (Fsp3) is 0.950. The molecule has 1 N–H and O–H groups in total. The van der Waals surface area contributed by atoms with Gasteiger partial charge >= 0.3 is 11.9 Å².